The Morgan fingerprint density at radius 1 is 1.68 bits per heavy atom. The first-order chi connectivity index (χ1) is 8.92. The highest BCUT2D eigenvalue weighted by Gasteiger charge is 2.39. The maximum atomic E-state index is 13.1. The first-order valence-corrected chi connectivity index (χ1v) is 6.09. The van der Waals surface area contributed by atoms with E-state index < -0.39 is 17.3 Å². The summed E-state index contributed by atoms with van der Waals surface area (Å²) >= 11 is 0. The van der Waals surface area contributed by atoms with E-state index >= 15 is 0 Å². The molecule has 1 aromatic carbocycles. The van der Waals surface area contributed by atoms with Crippen molar-refractivity contribution < 1.29 is 19.0 Å². The van der Waals surface area contributed by atoms with E-state index in [1.165, 1.54) is 12.1 Å². The van der Waals surface area contributed by atoms with Gasteiger partial charge in [-0.05, 0) is 25.1 Å². The molecule has 0 aromatic heterocycles. The number of nitrogen functional groups attached to an aromatic ring is 1. The average Bonchev–Trinajstić information content (AvgIpc) is 2.70. The van der Waals surface area contributed by atoms with Gasteiger partial charge in [0.05, 0.1) is 11.7 Å². The molecule has 1 fully saturated rings. The second kappa shape index (κ2) is 5.14. The van der Waals surface area contributed by atoms with E-state index in [4.69, 9.17) is 10.5 Å². The second-order valence-corrected chi connectivity index (χ2v) is 4.78. The van der Waals surface area contributed by atoms with Crippen molar-refractivity contribution in [3.05, 3.63) is 29.6 Å². The van der Waals surface area contributed by atoms with Crippen molar-refractivity contribution in [2.24, 2.45) is 0 Å². The van der Waals surface area contributed by atoms with Crippen LogP contribution in [0.15, 0.2) is 18.2 Å². The Morgan fingerprint density at radius 2 is 2.42 bits per heavy atom. The van der Waals surface area contributed by atoms with Gasteiger partial charge in [-0.3, -0.25) is 4.79 Å². The molecule has 1 heterocycles. The van der Waals surface area contributed by atoms with Crippen molar-refractivity contribution in [3.63, 3.8) is 0 Å². The van der Waals surface area contributed by atoms with E-state index in [2.05, 4.69) is 5.32 Å². The van der Waals surface area contributed by atoms with Crippen LogP contribution in [0.25, 0.3) is 0 Å². The smallest absolute Gasteiger partial charge is 0.253 e. The minimum atomic E-state index is -1.09. The predicted octanol–water partition coefficient (Wildman–Crippen LogP) is 0.678. The molecule has 0 spiro atoms. The van der Waals surface area contributed by atoms with Crippen molar-refractivity contribution in [2.45, 2.75) is 25.0 Å². The second-order valence-electron chi connectivity index (χ2n) is 4.78. The molecule has 2 atom stereocenters. The zero-order valence-electron chi connectivity index (χ0n) is 10.6. The van der Waals surface area contributed by atoms with E-state index in [0.29, 0.717) is 13.0 Å². The van der Waals surface area contributed by atoms with Crippen LogP contribution in [-0.4, -0.2) is 35.9 Å². The largest absolute Gasteiger partial charge is 0.398 e. The average molecular weight is 268 g/mol. The Hall–Kier alpha value is -1.66. The van der Waals surface area contributed by atoms with Crippen LogP contribution in [0.5, 0.6) is 0 Å². The summed E-state index contributed by atoms with van der Waals surface area (Å²) in [4.78, 5) is 11.9. The summed E-state index contributed by atoms with van der Waals surface area (Å²) in [6.07, 6.45) is 0.102. The highest BCUT2D eigenvalue weighted by Crippen LogP contribution is 2.25. The quantitative estimate of drug-likeness (QED) is 0.704. The van der Waals surface area contributed by atoms with Gasteiger partial charge in [-0.2, -0.15) is 0 Å². The van der Waals surface area contributed by atoms with Crippen LogP contribution in [0.1, 0.15) is 23.7 Å². The molecule has 1 aliphatic heterocycles. The third-order valence-corrected chi connectivity index (χ3v) is 3.47. The number of amides is 1. The van der Waals surface area contributed by atoms with Crippen LogP contribution in [0.3, 0.4) is 0 Å². The number of nitrogens with two attached hydrogens (primary N) is 1. The van der Waals surface area contributed by atoms with Gasteiger partial charge in [0.2, 0.25) is 0 Å². The normalized spacial score (nSPS) is 26.4. The Labute approximate surface area is 110 Å². The SMILES string of the molecule is CC1OCCC1(O)CNC(=O)c1cc(F)ccc1N. The first kappa shape index (κ1) is 13.8. The van der Waals surface area contributed by atoms with Gasteiger partial charge in [0, 0.05) is 25.3 Å². The fraction of sp³-hybridized carbons (Fsp3) is 0.462. The van der Waals surface area contributed by atoms with E-state index in [9.17, 15) is 14.3 Å². The summed E-state index contributed by atoms with van der Waals surface area (Å²) in [5.74, 6) is -1.04. The number of benzene rings is 1. The molecule has 0 radical (unpaired) electrons. The van der Waals surface area contributed by atoms with Crippen LogP contribution >= 0.6 is 0 Å². The topological polar surface area (TPSA) is 84.6 Å². The number of anilines is 1. The number of nitrogens with one attached hydrogen (secondary N) is 1. The molecule has 104 valence electrons. The van der Waals surface area contributed by atoms with E-state index in [0.717, 1.165) is 6.07 Å². The van der Waals surface area contributed by atoms with Gasteiger partial charge in [-0.15, -0.1) is 0 Å². The van der Waals surface area contributed by atoms with Crippen LogP contribution in [0.4, 0.5) is 10.1 Å². The minimum absolute atomic E-state index is 0.0446. The van der Waals surface area contributed by atoms with E-state index in [1.807, 2.05) is 0 Å². The van der Waals surface area contributed by atoms with Crippen LogP contribution < -0.4 is 11.1 Å². The Balaban J connectivity index is 2.03. The summed E-state index contributed by atoms with van der Waals surface area (Å²) < 4.78 is 18.3. The predicted molar refractivity (Wildman–Crippen MR) is 68.1 cm³/mol. The Morgan fingerprint density at radius 3 is 3.05 bits per heavy atom. The van der Waals surface area contributed by atoms with Gasteiger partial charge in [0.25, 0.3) is 5.91 Å². The Kier molecular flexibility index (Phi) is 3.73. The molecule has 0 bridgehead atoms. The van der Waals surface area contributed by atoms with Gasteiger partial charge in [-0.1, -0.05) is 0 Å². The van der Waals surface area contributed by atoms with Gasteiger partial charge < -0.3 is 20.9 Å². The lowest BCUT2D eigenvalue weighted by Gasteiger charge is -2.26. The lowest BCUT2D eigenvalue weighted by atomic mass is 9.96. The third kappa shape index (κ3) is 2.85. The number of hydrogen-bond donors (Lipinski definition) is 3. The molecule has 0 saturated carbocycles. The van der Waals surface area contributed by atoms with Crippen LogP contribution in [-0.2, 0) is 4.74 Å². The molecule has 5 nitrogen and oxygen atoms in total. The third-order valence-electron chi connectivity index (χ3n) is 3.47. The van der Waals surface area contributed by atoms with Crippen molar-refractivity contribution in [1.82, 2.24) is 5.32 Å². The van der Waals surface area contributed by atoms with Crippen molar-refractivity contribution in [2.75, 3.05) is 18.9 Å². The number of ether oxygens (including phenoxy) is 1. The maximum absolute atomic E-state index is 13.1. The summed E-state index contributed by atoms with van der Waals surface area (Å²) in [6, 6.07) is 3.59. The van der Waals surface area contributed by atoms with Crippen molar-refractivity contribution in [1.29, 1.82) is 0 Å². The number of carbonyl (C=O) groups excluding carboxylic acids is 1. The molecule has 6 heteroatoms. The summed E-state index contributed by atoms with van der Waals surface area (Å²) in [5, 5.41) is 12.8. The van der Waals surface area contributed by atoms with Crippen LogP contribution in [0.2, 0.25) is 0 Å². The van der Waals surface area contributed by atoms with E-state index in [-0.39, 0.29) is 23.9 Å². The number of hydrogen-bond acceptors (Lipinski definition) is 4. The first-order valence-electron chi connectivity index (χ1n) is 6.09. The van der Waals surface area contributed by atoms with Gasteiger partial charge in [-0.25, -0.2) is 4.39 Å². The zero-order valence-corrected chi connectivity index (χ0v) is 10.6. The lowest BCUT2D eigenvalue weighted by Crippen LogP contribution is -2.47. The molecule has 2 rings (SSSR count). The fourth-order valence-electron chi connectivity index (χ4n) is 2.06. The molecule has 1 amide bonds. The van der Waals surface area contributed by atoms with Gasteiger partial charge >= 0.3 is 0 Å². The lowest BCUT2D eigenvalue weighted by molar-refractivity contribution is -0.0251. The number of rotatable bonds is 3. The summed E-state index contributed by atoms with van der Waals surface area (Å²) in [7, 11) is 0. The summed E-state index contributed by atoms with van der Waals surface area (Å²) in [6.45, 7) is 2.24. The highest BCUT2D eigenvalue weighted by molar-refractivity contribution is 5.99. The molecule has 19 heavy (non-hydrogen) atoms. The van der Waals surface area contributed by atoms with Gasteiger partial charge in [0.15, 0.2) is 0 Å². The summed E-state index contributed by atoms with van der Waals surface area (Å²) in [5.41, 5.74) is 4.79. The van der Waals surface area contributed by atoms with Crippen LogP contribution in [0, 0.1) is 5.82 Å². The van der Waals surface area contributed by atoms with Crippen molar-refractivity contribution >= 4 is 11.6 Å². The zero-order chi connectivity index (χ0) is 14.0. The molecule has 1 aliphatic rings. The molecule has 4 N–H and O–H groups in total. The van der Waals surface area contributed by atoms with Crippen molar-refractivity contribution in [3.8, 4) is 0 Å². The van der Waals surface area contributed by atoms with E-state index in [1.54, 1.807) is 6.92 Å². The Bertz CT molecular complexity index is 495. The number of carbonyl (C=O) groups is 1. The molecule has 0 aliphatic carbocycles. The molecular weight excluding hydrogens is 251 g/mol. The number of halogens is 1. The molecule has 1 aromatic rings. The number of aliphatic hydroxyl groups is 1. The maximum Gasteiger partial charge on any atom is 0.253 e. The molecule has 1 saturated heterocycles. The molecular formula is C13H17FN2O3. The molecule has 2 unspecified atom stereocenters. The minimum Gasteiger partial charge on any atom is -0.398 e. The monoisotopic (exact) mass is 268 g/mol. The highest BCUT2D eigenvalue weighted by atomic mass is 19.1. The van der Waals surface area contributed by atoms with Gasteiger partial charge in [0.1, 0.15) is 11.4 Å². The standard InChI is InChI=1S/C13H17FN2O3/c1-8-13(18,4-5-19-8)7-16-12(17)10-6-9(14)2-3-11(10)15/h2-3,6,8,18H,4-5,7,15H2,1H3,(H,16,17). The fourth-order valence-corrected chi connectivity index (χ4v) is 2.06.